The van der Waals surface area contributed by atoms with Gasteiger partial charge in [-0.25, -0.2) is 0 Å². The first kappa shape index (κ1) is 38.3. The van der Waals surface area contributed by atoms with Crippen LogP contribution in [-0.4, -0.2) is 16.1 Å². The molecule has 0 aromatic heterocycles. The predicted octanol–water partition coefficient (Wildman–Crippen LogP) is 16.3. The van der Waals surface area contributed by atoms with Gasteiger partial charge in [0.2, 0.25) is 0 Å². The van der Waals surface area contributed by atoms with Crippen molar-refractivity contribution in [3.63, 3.8) is 0 Å². The summed E-state index contributed by atoms with van der Waals surface area (Å²) in [4.78, 5) is 0. The molecule has 8 rings (SSSR count). The van der Waals surface area contributed by atoms with Gasteiger partial charge in [0.1, 0.15) is 16.1 Å². The predicted molar refractivity (Wildman–Crippen MR) is 256 cm³/mol. The third kappa shape index (κ3) is 5.63. The molecule has 0 amide bonds. The number of rotatable bonds is 6. The maximum Gasteiger partial charge on any atom is 0.146 e. The minimum absolute atomic E-state index is 0.558. The van der Waals surface area contributed by atoms with Gasteiger partial charge in [0, 0.05) is 11.1 Å². The summed E-state index contributed by atoms with van der Waals surface area (Å²) < 4.78 is 0. The zero-order valence-corrected chi connectivity index (χ0v) is 37.7. The van der Waals surface area contributed by atoms with Crippen molar-refractivity contribution < 1.29 is 0 Å². The van der Waals surface area contributed by atoms with Gasteiger partial charge in [-0.05, 0) is 133 Å². The lowest BCUT2D eigenvalue weighted by molar-refractivity contribution is 0.838. The van der Waals surface area contributed by atoms with Crippen molar-refractivity contribution in [2.24, 2.45) is 0 Å². The largest absolute Gasteiger partial charge is 0.146 e. The quantitative estimate of drug-likeness (QED) is 0.0685. The van der Waals surface area contributed by atoms with Crippen molar-refractivity contribution in [2.45, 2.75) is 116 Å². The van der Waals surface area contributed by atoms with Crippen molar-refractivity contribution in [3.05, 3.63) is 108 Å². The SMILES string of the molecule is CC(C)[Si](C#Cc1c2cc3ccccc3cc2c2ccc3c(C#C[Si](C(C)C)(C(C)C)C(C)C)c4cc5ccccc5cc4c4ccc1c2c34)(C(C)C)C(C)C. The van der Waals surface area contributed by atoms with Crippen LogP contribution in [0.5, 0.6) is 0 Å². The fraction of sp³-hybridized carbons (Fsp3) is 0.333. The van der Waals surface area contributed by atoms with E-state index in [9.17, 15) is 0 Å². The third-order valence-electron chi connectivity index (χ3n) is 14.1. The van der Waals surface area contributed by atoms with E-state index in [4.69, 9.17) is 0 Å². The van der Waals surface area contributed by atoms with Gasteiger partial charge < -0.3 is 0 Å². The second-order valence-corrected chi connectivity index (χ2v) is 29.8. The number of benzene rings is 8. The summed E-state index contributed by atoms with van der Waals surface area (Å²) in [5.74, 6) is 8.08. The van der Waals surface area contributed by atoms with E-state index in [2.05, 4.69) is 203 Å². The molecule has 0 heterocycles. The molecule has 0 aliphatic rings. The van der Waals surface area contributed by atoms with Crippen LogP contribution in [0, 0.1) is 22.9 Å². The van der Waals surface area contributed by atoms with Gasteiger partial charge in [-0.3, -0.25) is 0 Å². The second kappa shape index (κ2) is 14.1. The van der Waals surface area contributed by atoms with Crippen LogP contribution in [-0.2, 0) is 0 Å². The molecular weight excluding hydrogens is 705 g/mol. The van der Waals surface area contributed by atoms with Crippen molar-refractivity contribution in [2.75, 3.05) is 0 Å². The molecular formula is C54H58Si2. The Morgan fingerprint density at radius 2 is 0.589 bits per heavy atom. The molecule has 2 heteroatoms. The standard InChI is InChI=1S/C54H58Si2/c1-33(2)55(34(3)4,35(5)6)27-25-43-45-21-23-48-52-32-42-20-16-14-18-40(42)30-50(52)44(26-28-56(36(7)8,37(9)10)38(11)12)46-22-24-47(53(45)54(46)48)51-31-41-19-15-13-17-39(41)29-49(43)51/h13-24,29-38H,1-12H3. The third-order valence-corrected chi connectivity index (χ3v) is 26.7. The van der Waals surface area contributed by atoms with E-state index >= 15 is 0 Å². The van der Waals surface area contributed by atoms with E-state index in [1.54, 1.807) is 0 Å². The fourth-order valence-electron chi connectivity index (χ4n) is 11.5. The minimum Gasteiger partial charge on any atom is -0.125 e. The summed E-state index contributed by atoms with van der Waals surface area (Å²) in [7, 11) is -4.04. The first-order valence-electron chi connectivity index (χ1n) is 21.2. The summed E-state index contributed by atoms with van der Waals surface area (Å²) in [5.41, 5.74) is 14.0. The van der Waals surface area contributed by atoms with E-state index in [1.807, 2.05) is 0 Å². The second-order valence-electron chi connectivity index (χ2n) is 18.6. The van der Waals surface area contributed by atoms with Gasteiger partial charge in [0.25, 0.3) is 0 Å². The highest BCUT2D eigenvalue weighted by atomic mass is 28.3. The topological polar surface area (TPSA) is 0 Å². The number of hydrogen-bond acceptors (Lipinski definition) is 0. The van der Waals surface area contributed by atoms with Crippen molar-refractivity contribution in [3.8, 4) is 22.9 Å². The maximum absolute atomic E-state index is 4.16. The zero-order valence-electron chi connectivity index (χ0n) is 35.7. The summed E-state index contributed by atoms with van der Waals surface area (Å²) in [6.45, 7) is 29.0. The Kier molecular flexibility index (Phi) is 9.63. The smallest absolute Gasteiger partial charge is 0.125 e. The Bertz CT molecular complexity index is 2700. The van der Waals surface area contributed by atoms with E-state index in [0.717, 1.165) is 0 Å². The molecule has 0 bridgehead atoms. The van der Waals surface area contributed by atoms with Gasteiger partial charge in [-0.15, -0.1) is 11.1 Å². The Hall–Kier alpha value is -4.61. The Morgan fingerprint density at radius 3 is 0.875 bits per heavy atom. The first-order valence-corrected chi connectivity index (χ1v) is 25.7. The Morgan fingerprint density at radius 1 is 0.321 bits per heavy atom. The average molecular weight is 763 g/mol. The van der Waals surface area contributed by atoms with Gasteiger partial charge in [-0.1, -0.05) is 168 Å². The molecule has 8 aromatic rings. The minimum atomic E-state index is -2.02. The summed E-state index contributed by atoms with van der Waals surface area (Å²) >= 11 is 0. The van der Waals surface area contributed by atoms with Crippen LogP contribution < -0.4 is 0 Å². The summed E-state index contributed by atoms with van der Waals surface area (Å²) in [6, 6.07) is 37.0. The van der Waals surface area contributed by atoms with Crippen LogP contribution in [0.15, 0.2) is 97.1 Å². The lowest BCUT2D eigenvalue weighted by Crippen LogP contribution is -2.43. The molecule has 0 aliphatic carbocycles. The lowest BCUT2D eigenvalue weighted by Gasteiger charge is -2.38. The molecule has 8 aromatic carbocycles. The highest BCUT2D eigenvalue weighted by molar-refractivity contribution is 6.91. The first-order chi connectivity index (χ1) is 26.7. The van der Waals surface area contributed by atoms with E-state index in [0.29, 0.717) is 33.2 Å². The van der Waals surface area contributed by atoms with E-state index in [-0.39, 0.29) is 0 Å². The van der Waals surface area contributed by atoms with Crippen LogP contribution >= 0.6 is 0 Å². The molecule has 0 atom stereocenters. The Labute approximate surface area is 337 Å². The van der Waals surface area contributed by atoms with Crippen LogP contribution in [0.25, 0.3) is 75.4 Å². The zero-order chi connectivity index (χ0) is 39.8. The molecule has 0 saturated heterocycles. The van der Waals surface area contributed by atoms with Gasteiger partial charge in [0.15, 0.2) is 0 Å². The number of fused-ring (bicyclic) bond motifs is 6. The van der Waals surface area contributed by atoms with Gasteiger partial charge >= 0.3 is 0 Å². The van der Waals surface area contributed by atoms with Crippen LogP contribution in [0.2, 0.25) is 33.2 Å². The number of hydrogen-bond donors (Lipinski definition) is 0. The molecule has 0 radical (unpaired) electrons. The average Bonchev–Trinajstić information content (AvgIpc) is 3.16. The molecule has 0 fully saturated rings. The van der Waals surface area contributed by atoms with Crippen molar-refractivity contribution in [1.82, 2.24) is 0 Å². The van der Waals surface area contributed by atoms with Crippen molar-refractivity contribution in [1.29, 1.82) is 0 Å². The van der Waals surface area contributed by atoms with Crippen LogP contribution in [0.1, 0.15) is 94.2 Å². The summed E-state index contributed by atoms with van der Waals surface area (Å²) in [5, 5.41) is 18.0. The Balaban J connectivity index is 1.60. The lowest BCUT2D eigenvalue weighted by atomic mass is 9.83. The molecule has 282 valence electrons. The molecule has 0 saturated carbocycles. The van der Waals surface area contributed by atoms with E-state index < -0.39 is 16.1 Å². The van der Waals surface area contributed by atoms with Gasteiger partial charge in [0.05, 0.1) is 0 Å². The molecule has 56 heavy (non-hydrogen) atoms. The normalized spacial score (nSPS) is 13.0. The van der Waals surface area contributed by atoms with Crippen LogP contribution in [0.3, 0.4) is 0 Å². The maximum atomic E-state index is 4.16. The highest BCUT2D eigenvalue weighted by Crippen LogP contribution is 2.47. The molecule has 0 aliphatic heterocycles. The highest BCUT2D eigenvalue weighted by Gasteiger charge is 2.43. The fourth-order valence-corrected chi connectivity index (χ4v) is 21.9. The molecule has 0 nitrogen and oxygen atoms in total. The van der Waals surface area contributed by atoms with Crippen LogP contribution in [0.4, 0.5) is 0 Å². The molecule has 0 N–H and O–H groups in total. The monoisotopic (exact) mass is 762 g/mol. The molecule has 0 unspecified atom stereocenters. The van der Waals surface area contributed by atoms with E-state index in [1.165, 1.54) is 86.5 Å². The summed E-state index contributed by atoms with van der Waals surface area (Å²) in [6.07, 6.45) is 0. The van der Waals surface area contributed by atoms with Crippen molar-refractivity contribution >= 4 is 91.6 Å². The molecule has 0 spiro atoms. The van der Waals surface area contributed by atoms with Gasteiger partial charge in [-0.2, -0.15) is 0 Å².